The Balaban J connectivity index is 1.60. The SMILES string of the molecule is CCOc1ccc(NC(=O)Cc2cc(-c3ccc(OC)cc3)on2)cc1. The van der Waals surface area contributed by atoms with Gasteiger partial charge in [-0.3, -0.25) is 4.79 Å². The van der Waals surface area contributed by atoms with Crippen molar-refractivity contribution in [2.75, 3.05) is 19.0 Å². The van der Waals surface area contributed by atoms with Crippen LogP contribution >= 0.6 is 0 Å². The van der Waals surface area contributed by atoms with Crippen LogP contribution < -0.4 is 14.8 Å². The lowest BCUT2D eigenvalue weighted by Crippen LogP contribution is -2.14. The summed E-state index contributed by atoms with van der Waals surface area (Å²) >= 11 is 0. The van der Waals surface area contributed by atoms with Crippen molar-refractivity contribution >= 4 is 11.6 Å². The zero-order valence-corrected chi connectivity index (χ0v) is 14.7. The molecule has 1 N–H and O–H groups in total. The van der Waals surface area contributed by atoms with Gasteiger partial charge in [0.05, 0.1) is 25.8 Å². The summed E-state index contributed by atoms with van der Waals surface area (Å²) in [7, 11) is 1.62. The Morgan fingerprint density at radius 1 is 1.08 bits per heavy atom. The van der Waals surface area contributed by atoms with Crippen LogP contribution in [0.2, 0.25) is 0 Å². The van der Waals surface area contributed by atoms with E-state index in [0.29, 0.717) is 23.7 Å². The Kier molecular flexibility index (Phi) is 5.53. The Bertz CT molecular complexity index is 854. The van der Waals surface area contributed by atoms with Gasteiger partial charge in [-0.2, -0.15) is 0 Å². The number of methoxy groups -OCH3 is 1. The van der Waals surface area contributed by atoms with Gasteiger partial charge in [0.1, 0.15) is 11.5 Å². The molecule has 1 amide bonds. The molecule has 6 nitrogen and oxygen atoms in total. The molecule has 6 heteroatoms. The molecule has 0 spiro atoms. The van der Waals surface area contributed by atoms with E-state index in [1.54, 1.807) is 25.3 Å². The van der Waals surface area contributed by atoms with E-state index in [1.807, 2.05) is 43.3 Å². The van der Waals surface area contributed by atoms with Gasteiger partial charge in [0.15, 0.2) is 5.76 Å². The number of amides is 1. The van der Waals surface area contributed by atoms with E-state index in [2.05, 4.69) is 10.5 Å². The van der Waals surface area contributed by atoms with Crippen molar-refractivity contribution < 1.29 is 18.8 Å². The highest BCUT2D eigenvalue weighted by atomic mass is 16.5. The second-order valence-corrected chi connectivity index (χ2v) is 5.59. The summed E-state index contributed by atoms with van der Waals surface area (Å²) in [6.45, 7) is 2.53. The molecule has 26 heavy (non-hydrogen) atoms. The normalized spacial score (nSPS) is 10.4. The van der Waals surface area contributed by atoms with Gasteiger partial charge in [-0.25, -0.2) is 0 Å². The van der Waals surface area contributed by atoms with Crippen molar-refractivity contribution in [1.29, 1.82) is 0 Å². The lowest BCUT2D eigenvalue weighted by atomic mass is 10.1. The van der Waals surface area contributed by atoms with Gasteiger partial charge >= 0.3 is 0 Å². The van der Waals surface area contributed by atoms with Crippen molar-refractivity contribution in [2.45, 2.75) is 13.3 Å². The Morgan fingerprint density at radius 3 is 2.42 bits per heavy atom. The lowest BCUT2D eigenvalue weighted by Gasteiger charge is -2.06. The van der Waals surface area contributed by atoms with Gasteiger partial charge in [0.25, 0.3) is 0 Å². The van der Waals surface area contributed by atoms with Crippen molar-refractivity contribution in [3.05, 3.63) is 60.3 Å². The number of nitrogens with zero attached hydrogens (tertiary/aromatic N) is 1. The van der Waals surface area contributed by atoms with Crippen LogP contribution in [-0.4, -0.2) is 24.8 Å². The predicted molar refractivity (Wildman–Crippen MR) is 98.4 cm³/mol. The highest BCUT2D eigenvalue weighted by molar-refractivity contribution is 5.92. The summed E-state index contributed by atoms with van der Waals surface area (Å²) in [6.07, 6.45) is 0.132. The van der Waals surface area contributed by atoms with E-state index in [9.17, 15) is 4.79 Å². The summed E-state index contributed by atoms with van der Waals surface area (Å²) in [5.41, 5.74) is 2.15. The predicted octanol–water partition coefficient (Wildman–Crippen LogP) is 3.93. The molecule has 0 bridgehead atoms. The van der Waals surface area contributed by atoms with E-state index in [1.165, 1.54) is 0 Å². The minimum atomic E-state index is -0.163. The van der Waals surface area contributed by atoms with Gasteiger partial charge in [0.2, 0.25) is 5.91 Å². The van der Waals surface area contributed by atoms with Crippen LogP contribution in [0, 0.1) is 0 Å². The summed E-state index contributed by atoms with van der Waals surface area (Å²) < 4.78 is 15.8. The molecular weight excluding hydrogens is 332 g/mol. The van der Waals surface area contributed by atoms with E-state index in [-0.39, 0.29) is 12.3 Å². The number of ether oxygens (including phenoxy) is 2. The average molecular weight is 352 g/mol. The molecule has 1 heterocycles. The maximum absolute atomic E-state index is 12.2. The maximum atomic E-state index is 12.2. The minimum absolute atomic E-state index is 0.132. The number of rotatable bonds is 7. The molecule has 0 saturated heterocycles. The van der Waals surface area contributed by atoms with Crippen LogP contribution in [0.25, 0.3) is 11.3 Å². The van der Waals surface area contributed by atoms with E-state index in [0.717, 1.165) is 17.1 Å². The number of benzene rings is 2. The smallest absolute Gasteiger partial charge is 0.230 e. The van der Waals surface area contributed by atoms with E-state index in [4.69, 9.17) is 14.0 Å². The van der Waals surface area contributed by atoms with Crippen LogP contribution in [0.3, 0.4) is 0 Å². The Labute approximate surface area is 151 Å². The topological polar surface area (TPSA) is 73.6 Å². The molecule has 3 aromatic rings. The zero-order chi connectivity index (χ0) is 18.4. The summed E-state index contributed by atoms with van der Waals surface area (Å²) in [4.78, 5) is 12.2. The highest BCUT2D eigenvalue weighted by Gasteiger charge is 2.11. The van der Waals surface area contributed by atoms with Gasteiger partial charge in [-0.1, -0.05) is 5.16 Å². The molecule has 0 aliphatic rings. The van der Waals surface area contributed by atoms with Crippen molar-refractivity contribution in [3.8, 4) is 22.8 Å². The third-order valence-corrected chi connectivity index (χ3v) is 3.72. The summed E-state index contributed by atoms with van der Waals surface area (Å²) in [6, 6.07) is 16.4. The second kappa shape index (κ2) is 8.20. The second-order valence-electron chi connectivity index (χ2n) is 5.59. The van der Waals surface area contributed by atoms with Crippen LogP contribution in [0.5, 0.6) is 11.5 Å². The van der Waals surface area contributed by atoms with Crippen molar-refractivity contribution in [1.82, 2.24) is 5.16 Å². The first-order valence-corrected chi connectivity index (χ1v) is 8.30. The number of carbonyl (C=O) groups is 1. The highest BCUT2D eigenvalue weighted by Crippen LogP contribution is 2.23. The van der Waals surface area contributed by atoms with E-state index >= 15 is 0 Å². The fourth-order valence-corrected chi connectivity index (χ4v) is 2.46. The number of anilines is 1. The van der Waals surface area contributed by atoms with Crippen LogP contribution in [0.1, 0.15) is 12.6 Å². The molecular formula is C20H20N2O4. The zero-order valence-electron chi connectivity index (χ0n) is 14.7. The molecule has 3 rings (SSSR count). The fraction of sp³-hybridized carbons (Fsp3) is 0.200. The average Bonchev–Trinajstić information content (AvgIpc) is 3.12. The third kappa shape index (κ3) is 4.42. The van der Waals surface area contributed by atoms with E-state index < -0.39 is 0 Å². The summed E-state index contributed by atoms with van der Waals surface area (Å²) in [5.74, 6) is 1.98. The molecule has 0 fully saturated rings. The molecule has 134 valence electrons. The van der Waals surface area contributed by atoms with Crippen LogP contribution in [0.4, 0.5) is 5.69 Å². The maximum Gasteiger partial charge on any atom is 0.230 e. The number of aromatic nitrogens is 1. The number of hydrogen-bond donors (Lipinski definition) is 1. The fourth-order valence-electron chi connectivity index (χ4n) is 2.46. The van der Waals surface area contributed by atoms with Gasteiger partial charge in [0, 0.05) is 17.3 Å². The first kappa shape index (κ1) is 17.5. The van der Waals surface area contributed by atoms with Crippen molar-refractivity contribution in [3.63, 3.8) is 0 Å². The Hall–Kier alpha value is -3.28. The number of carbonyl (C=O) groups excluding carboxylic acids is 1. The first-order valence-electron chi connectivity index (χ1n) is 8.30. The van der Waals surface area contributed by atoms with Crippen LogP contribution in [0.15, 0.2) is 59.1 Å². The standard InChI is InChI=1S/C20H20N2O4/c1-3-25-18-10-6-15(7-11-18)21-20(23)13-16-12-19(26-22-16)14-4-8-17(24-2)9-5-14/h4-12H,3,13H2,1-2H3,(H,21,23). The molecule has 0 radical (unpaired) electrons. The number of nitrogens with one attached hydrogen (secondary N) is 1. The largest absolute Gasteiger partial charge is 0.497 e. The third-order valence-electron chi connectivity index (χ3n) is 3.72. The molecule has 0 unspecified atom stereocenters. The van der Waals surface area contributed by atoms with Gasteiger partial charge in [-0.05, 0) is 55.5 Å². The molecule has 2 aromatic carbocycles. The number of hydrogen-bond acceptors (Lipinski definition) is 5. The van der Waals surface area contributed by atoms with Gasteiger partial charge < -0.3 is 19.3 Å². The molecule has 0 saturated carbocycles. The van der Waals surface area contributed by atoms with Crippen LogP contribution in [-0.2, 0) is 11.2 Å². The summed E-state index contributed by atoms with van der Waals surface area (Å²) in [5, 5.41) is 6.80. The minimum Gasteiger partial charge on any atom is -0.497 e. The molecule has 0 aliphatic heterocycles. The quantitative estimate of drug-likeness (QED) is 0.697. The molecule has 0 atom stereocenters. The monoisotopic (exact) mass is 352 g/mol. The first-order chi connectivity index (χ1) is 12.7. The Morgan fingerprint density at radius 2 is 1.77 bits per heavy atom. The van der Waals surface area contributed by atoms with Crippen molar-refractivity contribution in [2.24, 2.45) is 0 Å². The lowest BCUT2D eigenvalue weighted by molar-refractivity contribution is -0.115. The molecule has 0 aliphatic carbocycles. The molecule has 1 aromatic heterocycles. The van der Waals surface area contributed by atoms with Gasteiger partial charge in [-0.15, -0.1) is 0 Å².